The third-order valence-corrected chi connectivity index (χ3v) is 4.39. The molecule has 0 saturated carbocycles. The first-order valence-corrected chi connectivity index (χ1v) is 8.49. The molecule has 2 aromatic heterocycles. The summed E-state index contributed by atoms with van der Waals surface area (Å²) in [5.74, 6) is -0.228. The van der Waals surface area contributed by atoms with Gasteiger partial charge in [0, 0.05) is 24.5 Å². The predicted octanol–water partition coefficient (Wildman–Crippen LogP) is 2.27. The lowest BCUT2D eigenvalue weighted by atomic mass is 10.2. The summed E-state index contributed by atoms with van der Waals surface area (Å²) in [5.41, 5.74) is 1.01. The molecule has 0 fully saturated rings. The predicted molar refractivity (Wildman–Crippen MR) is 104 cm³/mol. The molecule has 1 amide bonds. The molecule has 4 rings (SSSR count). The van der Waals surface area contributed by atoms with E-state index in [0.717, 1.165) is 10.9 Å². The van der Waals surface area contributed by atoms with E-state index >= 15 is 0 Å². The Bertz CT molecular complexity index is 1270. The molecule has 0 aliphatic carbocycles. The smallest absolute Gasteiger partial charge is 0.325 e. The van der Waals surface area contributed by atoms with E-state index in [1.54, 1.807) is 30.5 Å². The summed E-state index contributed by atoms with van der Waals surface area (Å²) in [6.07, 6.45) is 1.79. The number of hydrogen-bond donors (Lipinski definition) is 2. The van der Waals surface area contributed by atoms with Crippen LogP contribution in [0.1, 0.15) is 6.42 Å². The Morgan fingerprint density at radius 1 is 1.00 bits per heavy atom. The number of amides is 1. The summed E-state index contributed by atoms with van der Waals surface area (Å²) >= 11 is 0. The highest BCUT2D eigenvalue weighted by atomic mass is 16.2. The van der Waals surface area contributed by atoms with Crippen LogP contribution in [-0.2, 0) is 11.3 Å². The van der Waals surface area contributed by atoms with Gasteiger partial charge in [0.1, 0.15) is 0 Å². The third-order valence-electron chi connectivity index (χ3n) is 4.39. The Kier molecular flexibility index (Phi) is 4.25. The van der Waals surface area contributed by atoms with Crippen LogP contribution in [-0.4, -0.2) is 20.4 Å². The van der Waals surface area contributed by atoms with Crippen molar-refractivity contribution < 1.29 is 4.79 Å². The molecule has 0 unspecified atom stereocenters. The zero-order valence-corrected chi connectivity index (χ0v) is 14.3. The molecule has 2 heterocycles. The van der Waals surface area contributed by atoms with Crippen LogP contribution in [0.3, 0.4) is 0 Å². The van der Waals surface area contributed by atoms with Crippen molar-refractivity contribution in [1.29, 1.82) is 0 Å². The van der Waals surface area contributed by atoms with E-state index in [-0.39, 0.29) is 18.9 Å². The maximum Gasteiger partial charge on any atom is 0.328 e. The molecule has 0 aliphatic heterocycles. The number of aromatic nitrogens is 3. The first-order valence-electron chi connectivity index (χ1n) is 8.49. The summed E-state index contributed by atoms with van der Waals surface area (Å²) in [4.78, 5) is 43.1. The molecule has 0 bridgehead atoms. The Balaban J connectivity index is 1.58. The molecule has 0 saturated heterocycles. The SMILES string of the molecule is O=C(CCn1c(=O)[nH]c(=O)c2ccccc21)Nc1cccc2ncccc12. The second-order valence-corrected chi connectivity index (χ2v) is 6.10. The number of fused-ring (bicyclic) bond motifs is 2. The fraction of sp³-hybridized carbons (Fsp3) is 0.100. The van der Waals surface area contributed by atoms with Gasteiger partial charge >= 0.3 is 5.69 Å². The highest BCUT2D eigenvalue weighted by Gasteiger charge is 2.10. The van der Waals surface area contributed by atoms with Gasteiger partial charge in [0.15, 0.2) is 0 Å². The van der Waals surface area contributed by atoms with E-state index in [2.05, 4.69) is 15.3 Å². The van der Waals surface area contributed by atoms with Crippen molar-refractivity contribution in [3.63, 3.8) is 0 Å². The number of H-pyrrole nitrogens is 1. The van der Waals surface area contributed by atoms with Crippen LogP contribution in [0, 0.1) is 0 Å². The molecule has 7 nitrogen and oxygen atoms in total. The monoisotopic (exact) mass is 360 g/mol. The fourth-order valence-electron chi connectivity index (χ4n) is 3.10. The van der Waals surface area contributed by atoms with Gasteiger partial charge in [0.2, 0.25) is 5.91 Å². The molecular formula is C20H16N4O3. The second kappa shape index (κ2) is 6.87. The number of para-hydroxylation sites is 1. The van der Waals surface area contributed by atoms with Gasteiger partial charge in [0.05, 0.1) is 22.1 Å². The number of pyridine rings is 1. The standard InChI is InChI=1S/C20H16N4O3/c25-18(22-16-8-3-7-15-13(16)6-4-11-21-15)10-12-24-17-9-2-1-5-14(17)19(26)23-20(24)27/h1-9,11H,10,12H2,(H,22,25)(H,23,26,27). The van der Waals surface area contributed by atoms with Crippen molar-refractivity contribution in [1.82, 2.24) is 14.5 Å². The average Bonchev–Trinajstić information content (AvgIpc) is 2.68. The number of benzene rings is 2. The van der Waals surface area contributed by atoms with E-state index in [9.17, 15) is 14.4 Å². The van der Waals surface area contributed by atoms with E-state index in [0.29, 0.717) is 16.6 Å². The number of anilines is 1. The lowest BCUT2D eigenvalue weighted by molar-refractivity contribution is -0.116. The van der Waals surface area contributed by atoms with Gasteiger partial charge in [-0.3, -0.25) is 24.1 Å². The van der Waals surface area contributed by atoms with Gasteiger partial charge in [-0.2, -0.15) is 0 Å². The first-order chi connectivity index (χ1) is 13.1. The number of aromatic amines is 1. The molecule has 2 aromatic carbocycles. The lowest BCUT2D eigenvalue weighted by Crippen LogP contribution is -2.31. The van der Waals surface area contributed by atoms with E-state index < -0.39 is 11.2 Å². The summed E-state index contributed by atoms with van der Waals surface area (Å²) in [6.45, 7) is 0.158. The molecule has 0 atom stereocenters. The van der Waals surface area contributed by atoms with Crippen molar-refractivity contribution in [3.05, 3.63) is 81.6 Å². The number of nitrogens with one attached hydrogen (secondary N) is 2. The molecule has 2 N–H and O–H groups in total. The van der Waals surface area contributed by atoms with Gasteiger partial charge in [0.25, 0.3) is 5.56 Å². The molecule has 0 radical (unpaired) electrons. The molecular weight excluding hydrogens is 344 g/mol. The Hall–Kier alpha value is -3.74. The number of aryl methyl sites for hydroxylation is 1. The van der Waals surface area contributed by atoms with Gasteiger partial charge < -0.3 is 5.32 Å². The highest BCUT2D eigenvalue weighted by molar-refractivity contribution is 6.00. The quantitative estimate of drug-likeness (QED) is 0.583. The second-order valence-electron chi connectivity index (χ2n) is 6.10. The van der Waals surface area contributed by atoms with Crippen molar-refractivity contribution in [2.24, 2.45) is 0 Å². The summed E-state index contributed by atoms with van der Waals surface area (Å²) < 4.78 is 1.40. The van der Waals surface area contributed by atoms with E-state index in [1.165, 1.54) is 4.57 Å². The number of rotatable bonds is 4. The van der Waals surface area contributed by atoms with Gasteiger partial charge in [-0.15, -0.1) is 0 Å². The van der Waals surface area contributed by atoms with Crippen molar-refractivity contribution in [2.45, 2.75) is 13.0 Å². The van der Waals surface area contributed by atoms with Crippen LogP contribution < -0.4 is 16.6 Å². The maximum atomic E-state index is 12.4. The first kappa shape index (κ1) is 16.7. The van der Waals surface area contributed by atoms with Crippen molar-refractivity contribution in [2.75, 3.05) is 5.32 Å². The highest BCUT2D eigenvalue weighted by Crippen LogP contribution is 2.21. The van der Waals surface area contributed by atoms with Crippen molar-refractivity contribution >= 4 is 33.4 Å². The zero-order valence-electron chi connectivity index (χ0n) is 14.3. The molecule has 0 spiro atoms. The van der Waals surface area contributed by atoms with Gasteiger partial charge in [-0.05, 0) is 36.4 Å². The maximum absolute atomic E-state index is 12.4. The van der Waals surface area contributed by atoms with Crippen LogP contribution in [0.4, 0.5) is 5.69 Å². The summed E-state index contributed by atoms with van der Waals surface area (Å²) in [6, 6.07) is 16.0. The Morgan fingerprint density at radius 2 is 1.81 bits per heavy atom. The van der Waals surface area contributed by atoms with Crippen LogP contribution in [0.2, 0.25) is 0 Å². The molecule has 4 aromatic rings. The number of hydrogen-bond acceptors (Lipinski definition) is 4. The summed E-state index contributed by atoms with van der Waals surface area (Å²) in [7, 11) is 0. The van der Waals surface area contributed by atoms with Crippen LogP contribution in [0.25, 0.3) is 21.8 Å². The van der Waals surface area contributed by atoms with Crippen LogP contribution in [0.15, 0.2) is 70.4 Å². The molecule has 134 valence electrons. The third kappa shape index (κ3) is 3.22. The average molecular weight is 360 g/mol. The van der Waals surface area contributed by atoms with E-state index in [1.807, 2.05) is 30.3 Å². The normalized spacial score (nSPS) is 11.0. The zero-order chi connectivity index (χ0) is 18.8. The van der Waals surface area contributed by atoms with E-state index in [4.69, 9.17) is 0 Å². The Morgan fingerprint density at radius 3 is 2.70 bits per heavy atom. The minimum atomic E-state index is -0.527. The Labute approximate surface area is 153 Å². The minimum absolute atomic E-state index is 0.0899. The molecule has 0 aliphatic rings. The van der Waals surface area contributed by atoms with Gasteiger partial charge in [-0.1, -0.05) is 18.2 Å². The topological polar surface area (TPSA) is 96.9 Å². The number of carbonyl (C=O) groups excluding carboxylic acids is 1. The number of carbonyl (C=O) groups is 1. The molecule has 7 heteroatoms. The fourth-order valence-corrected chi connectivity index (χ4v) is 3.10. The molecule has 27 heavy (non-hydrogen) atoms. The number of nitrogens with zero attached hydrogens (tertiary/aromatic N) is 2. The van der Waals surface area contributed by atoms with Crippen molar-refractivity contribution in [3.8, 4) is 0 Å². The largest absolute Gasteiger partial charge is 0.328 e. The summed E-state index contributed by atoms with van der Waals surface area (Å²) in [5, 5.41) is 4.13. The lowest BCUT2D eigenvalue weighted by Gasteiger charge is -2.11. The van der Waals surface area contributed by atoms with Crippen LogP contribution >= 0.6 is 0 Å². The van der Waals surface area contributed by atoms with Gasteiger partial charge in [-0.25, -0.2) is 4.79 Å². The minimum Gasteiger partial charge on any atom is -0.325 e. The van der Waals surface area contributed by atoms with Crippen LogP contribution in [0.5, 0.6) is 0 Å².